The fourth-order valence-electron chi connectivity index (χ4n) is 2.83. The molecule has 2 heterocycles. The van der Waals surface area contributed by atoms with E-state index in [0.717, 1.165) is 34.9 Å². The molecule has 2 aromatic heterocycles. The van der Waals surface area contributed by atoms with E-state index in [2.05, 4.69) is 26.1 Å². The second kappa shape index (κ2) is 8.30. The first kappa shape index (κ1) is 19.0. The van der Waals surface area contributed by atoms with Crippen LogP contribution >= 0.6 is 11.7 Å². The summed E-state index contributed by atoms with van der Waals surface area (Å²) in [4.78, 5) is 12.5. The highest BCUT2D eigenvalue weighted by Gasteiger charge is 2.13. The Morgan fingerprint density at radius 3 is 2.70 bits per heavy atom. The summed E-state index contributed by atoms with van der Waals surface area (Å²) in [7, 11) is 0. The molecule has 3 rings (SSSR count). The molecule has 1 amide bonds. The first-order chi connectivity index (χ1) is 13.0. The molecule has 0 fully saturated rings. The number of rotatable bonds is 7. The van der Waals surface area contributed by atoms with Crippen molar-refractivity contribution in [2.24, 2.45) is 0 Å². The van der Waals surface area contributed by atoms with Crippen LogP contribution in [-0.2, 0) is 19.7 Å². The van der Waals surface area contributed by atoms with Gasteiger partial charge in [-0.05, 0) is 45.9 Å². The smallest absolute Gasteiger partial charge is 0.251 e. The quantitative estimate of drug-likeness (QED) is 0.675. The Morgan fingerprint density at radius 1 is 1.22 bits per heavy atom. The predicted molar refractivity (Wildman–Crippen MR) is 104 cm³/mol. The van der Waals surface area contributed by atoms with Gasteiger partial charge < -0.3 is 10.1 Å². The molecule has 0 bridgehead atoms. The molecular weight excluding hydrogens is 362 g/mol. The lowest BCUT2D eigenvalue weighted by molar-refractivity contribution is 0.0950. The van der Waals surface area contributed by atoms with Crippen molar-refractivity contribution in [1.82, 2.24) is 23.8 Å². The Balaban J connectivity index is 1.63. The Labute approximate surface area is 162 Å². The van der Waals surface area contributed by atoms with Crippen molar-refractivity contribution in [3.63, 3.8) is 0 Å². The number of amides is 1. The Hall–Kier alpha value is -2.74. The van der Waals surface area contributed by atoms with Crippen molar-refractivity contribution in [3.8, 4) is 5.75 Å². The number of ether oxygens (including phenoxy) is 1. The second-order valence-electron chi connectivity index (χ2n) is 6.26. The number of benzene rings is 1. The highest BCUT2D eigenvalue weighted by Crippen LogP contribution is 2.17. The molecule has 0 spiro atoms. The number of nitrogens with zero attached hydrogens (tertiary/aromatic N) is 4. The summed E-state index contributed by atoms with van der Waals surface area (Å²) in [5.74, 6) is 0.483. The first-order valence-electron chi connectivity index (χ1n) is 8.81. The van der Waals surface area contributed by atoms with Crippen LogP contribution in [0.25, 0.3) is 0 Å². The average Bonchev–Trinajstić information content (AvgIpc) is 3.20. The SMILES string of the molecule is CCn1nc(C)c(CNC(=O)c2cccc(OCc3nsnc3C)c2)c1C. The van der Waals surface area contributed by atoms with E-state index in [-0.39, 0.29) is 5.91 Å². The van der Waals surface area contributed by atoms with Gasteiger partial charge in [-0.2, -0.15) is 13.8 Å². The number of aryl methyl sites for hydroxylation is 3. The van der Waals surface area contributed by atoms with Crippen LogP contribution in [0.15, 0.2) is 24.3 Å². The highest BCUT2D eigenvalue weighted by atomic mass is 32.1. The van der Waals surface area contributed by atoms with Crippen molar-refractivity contribution >= 4 is 17.6 Å². The van der Waals surface area contributed by atoms with Gasteiger partial charge in [-0.1, -0.05) is 6.07 Å². The molecule has 0 aliphatic rings. The zero-order chi connectivity index (χ0) is 19.4. The third kappa shape index (κ3) is 4.33. The van der Waals surface area contributed by atoms with E-state index in [9.17, 15) is 4.79 Å². The third-order valence-electron chi connectivity index (χ3n) is 4.47. The van der Waals surface area contributed by atoms with Gasteiger partial charge in [-0.15, -0.1) is 0 Å². The summed E-state index contributed by atoms with van der Waals surface area (Å²) in [5, 5.41) is 7.46. The van der Waals surface area contributed by atoms with Gasteiger partial charge in [0, 0.05) is 29.9 Å². The van der Waals surface area contributed by atoms with Crippen LogP contribution in [0.1, 0.15) is 45.6 Å². The topological polar surface area (TPSA) is 81.9 Å². The molecule has 0 atom stereocenters. The van der Waals surface area contributed by atoms with Gasteiger partial charge in [0.15, 0.2) is 0 Å². The van der Waals surface area contributed by atoms with Gasteiger partial charge >= 0.3 is 0 Å². The van der Waals surface area contributed by atoms with Crippen LogP contribution in [0.5, 0.6) is 5.75 Å². The summed E-state index contributed by atoms with van der Waals surface area (Å²) in [5.41, 5.74) is 5.32. The number of carbonyl (C=O) groups is 1. The minimum atomic E-state index is -0.144. The predicted octanol–water partition coefficient (Wildman–Crippen LogP) is 3.19. The molecule has 0 aliphatic carbocycles. The molecule has 0 unspecified atom stereocenters. The lowest BCUT2D eigenvalue weighted by Gasteiger charge is -2.09. The van der Waals surface area contributed by atoms with Crippen molar-refractivity contribution in [3.05, 3.63) is 58.2 Å². The van der Waals surface area contributed by atoms with E-state index in [1.165, 1.54) is 11.7 Å². The molecule has 0 saturated heterocycles. The lowest BCUT2D eigenvalue weighted by Crippen LogP contribution is -2.23. The molecule has 0 saturated carbocycles. The number of carbonyl (C=O) groups excluding carboxylic acids is 1. The van der Waals surface area contributed by atoms with Crippen LogP contribution in [0, 0.1) is 20.8 Å². The normalized spacial score (nSPS) is 10.8. The van der Waals surface area contributed by atoms with Gasteiger partial charge in [-0.25, -0.2) is 0 Å². The van der Waals surface area contributed by atoms with Crippen LogP contribution in [0.4, 0.5) is 0 Å². The molecule has 1 N–H and O–H groups in total. The van der Waals surface area contributed by atoms with E-state index in [4.69, 9.17) is 4.74 Å². The molecule has 27 heavy (non-hydrogen) atoms. The molecule has 142 valence electrons. The monoisotopic (exact) mass is 385 g/mol. The van der Waals surface area contributed by atoms with Crippen LogP contribution < -0.4 is 10.1 Å². The summed E-state index contributed by atoms with van der Waals surface area (Å²) in [6, 6.07) is 7.14. The molecule has 0 aliphatic heterocycles. The van der Waals surface area contributed by atoms with Crippen molar-refractivity contribution in [2.45, 2.75) is 47.4 Å². The van der Waals surface area contributed by atoms with Crippen LogP contribution in [0.3, 0.4) is 0 Å². The maximum atomic E-state index is 12.5. The van der Waals surface area contributed by atoms with Gasteiger partial charge in [0.25, 0.3) is 5.91 Å². The maximum Gasteiger partial charge on any atom is 0.251 e. The Morgan fingerprint density at radius 2 is 2.04 bits per heavy atom. The van der Waals surface area contributed by atoms with Gasteiger partial charge in [0.1, 0.15) is 18.1 Å². The van der Waals surface area contributed by atoms with Crippen molar-refractivity contribution in [1.29, 1.82) is 0 Å². The van der Waals surface area contributed by atoms with E-state index in [1.807, 2.05) is 37.6 Å². The van der Waals surface area contributed by atoms with E-state index >= 15 is 0 Å². The largest absolute Gasteiger partial charge is 0.487 e. The van der Waals surface area contributed by atoms with Gasteiger partial charge in [0.2, 0.25) is 0 Å². The average molecular weight is 385 g/mol. The zero-order valence-corrected chi connectivity index (χ0v) is 16.8. The van der Waals surface area contributed by atoms with Crippen molar-refractivity contribution < 1.29 is 9.53 Å². The molecular formula is C19H23N5O2S. The van der Waals surface area contributed by atoms with E-state index in [0.29, 0.717) is 24.5 Å². The Kier molecular flexibility index (Phi) is 5.85. The number of nitrogens with one attached hydrogen (secondary N) is 1. The standard InChI is InChI=1S/C19H23N5O2S/c1-5-24-14(4)17(12(2)21-24)10-20-19(25)15-7-6-8-16(9-15)26-11-18-13(3)22-27-23-18/h6-9H,5,10-11H2,1-4H3,(H,20,25). The van der Waals surface area contributed by atoms with Crippen molar-refractivity contribution in [2.75, 3.05) is 0 Å². The second-order valence-corrected chi connectivity index (χ2v) is 6.79. The van der Waals surface area contributed by atoms with E-state index in [1.54, 1.807) is 12.1 Å². The molecule has 0 radical (unpaired) electrons. The third-order valence-corrected chi connectivity index (χ3v) is 5.13. The van der Waals surface area contributed by atoms with Gasteiger partial charge in [-0.3, -0.25) is 9.48 Å². The van der Waals surface area contributed by atoms with Gasteiger partial charge in [0.05, 0.1) is 23.1 Å². The summed E-state index contributed by atoms with van der Waals surface area (Å²) in [6.45, 7) is 9.54. The maximum absolute atomic E-state index is 12.5. The molecule has 1 aromatic carbocycles. The number of hydrogen-bond acceptors (Lipinski definition) is 6. The minimum Gasteiger partial charge on any atom is -0.487 e. The Bertz CT molecular complexity index is 947. The number of aromatic nitrogens is 4. The van der Waals surface area contributed by atoms with Crippen LogP contribution in [-0.4, -0.2) is 24.4 Å². The summed E-state index contributed by atoms with van der Waals surface area (Å²) >= 11 is 1.17. The molecule has 7 nitrogen and oxygen atoms in total. The highest BCUT2D eigenvalue weighted by molar-refractivity contribution is 6.99. The summed E-state index contributed by atoms with van der Waals surface area (Å²) < 4.78 is 16.0. The fraction of sp³-hybridized carbons (Fsp3) is 0.368. The fourth-order valence-corrected chi connectivity index (χ4v) is 3.38. The molecule has 3 aromatic rings. The first-order valence-corrected chi connectivity index (χ1v) is 9.54. The number of hydrogen-bond donors (Lipinski definition) is 1. The summed E-state index contributed by atoms with van der Waals surface area (Å²) in [6.07, 6.45) is 0. The van der Waals surface area contributed by atoms with E-state index < -0.39 is 0 Å². The van der Waals surface area contributed by atoms with Crippen LogP contribution in [0.2, 0.25) is 0 Å². The lowest BCUT2D eigenvalue weighted by atomic mass is 10.1. The minimum absolute atomic E-state index is 0.144. The molecule has 8 heteroatoms. The zero-order valence-electron chi connectivity index (χ0n) is 15.9.